The second-order valence-corrected chi connectivity index (χ2v) is 5.36. The Hall–Kier alpha value is -1.27. The molecular formula is C12H3EuF18O6. The van der Waals surface area contributed by atoms with Crippen LogP contribution in [0.2, 0.25) is 0 Å². The summed E-state index contributed by atoms with van der Waals surface area (Å²) in [6.07, 6.45) is -14.3. The molecule has 25 heteroatoms. The summed E-state index contributed by atoms with van der Waals surface area (Å²) < 4.78 is 207. The summed E-state index contributed by atoms with van der Waals surface area (Å²) in [6, 6.07) is 0. The van der Waals surface area contributed by atoms with E-state index in [9.17, 15) is 109 Å². The second-order valence-electron chi connectivity index (χ2n) is 5.36. The van der Waals surface area contributed by atoms with Gasteiger partial charge in [0.25, 0.3) is 0 Å². The van der Waals surface area contributed by atoms with E-state index in [1.165, 1.54) is 0 Å². The molecule has 0 amide bonds. The molecule has 6 nitrogen and oxygen atoms in total. The van der Waals surface area contributed by atoms with Crippen molar-refractivity contribution in [2.45, 2.75) is 54.8 Å². The molecule has 0 bridgehead atoms. The summed E-state index contributed by atoms with van der Waals surface area (Å²) in [5, 5.41) is 27.9. The molecule has 0 aromatic heterocycles. The van der Waals surface area contributed by atoms with Crippen molar-refractivity contribution in [3.63, 3.8) is 0 Å². The minimum Gasteiger partial charge on any atom is -0.544 e. The van der Waals surface area contributed by atoms with Crippen molar-refractivity contribution in [2.75, 3.05) is 0 Å². The third kappa shape index (κ3) is 9.77. The van der Waals surface area contributed by atoms with E-state index in [1.54, 1.807) is 0 Å². The maximum Gasteiger partial charge on any atom is 3.00 e. The van der Waals surface area contributed by atoms with Crippen LogP contribution in [-0.2, 0) is 14.4 Å². The summed E-state index contributed by atoms with van der Waals surface area (Å²) >= 11 is 0. The van der Waals surface area contributed by atoms with E-state index in [1.807, 2.05) is 0 Å². The van der Waals surface area contributed by atoms with Gasteiger partial charge in [-0.1, -0.05) is 0 Å². The molecule has 0 aliphatic rings. The number of halogens is 18. The van der Waals surface area contributed by atoms with Crippen LogP contribution < -0.4 is 15.3 Å². The topological polar surface area (TPSA) is 120 Å². The molecule has 220 valence electrons. The Kier molecular flexibility index (Phi) is 16.4. The zero-order valence-electron chi connectivity index (χ0n) is 15.9. The van der Waals surface area contributed by atoms with Crippen LogP contribution in [-0.4, -0.2) is 72.7 Å². The van der Waals surface area contributed by atoms with Gasteiger partial charge < -0.3 is 29.7 Å². The quantitative estimate of drug-likeness (QED) is 0.324. The number of hydrogen-bond donors (Lipinski definition) is 0. The largest absolute Gasteiger partial charge is 3.00 e. The van der Waals surface area contributed by atoms with Gasteiger partial charge in [-0.25, -0.2) is 26.3 Å². The minimum absolute atomic E-state index is 0. The Morgan fingerprint density at radius 1 is 0.405 bits per heavy atom. The van der Waals surface area contributed by atoms with Gasteiger partial charge >= 0.3 is 104 Å². The fourth-order valence-electron chi connectivity index (χ4n) is 0.819. The maximum atomic E-state index is 11.7. The first kappa shape index (κ1) is 42.8. The smallest absolute Gasteiger partial charge is 0.544 e. The normalized spacial score (nSPS) is 13.2. The van der Waals surface area contributed by atoms with Crippen molar-refractivity contribution in [2.24, 2.45) is 0 Å². The molecule has 0 aliphatic carbocycles. The van der Waals surface area contributed by atoms with Gasteiger partial charge in [0, 0.05) is 0 Å². The summed E-state index contributed by atoms with van der Waals surface area (Å²) in [7, 11) is 0. The molecule has 0 saturated heterocycles. The molecule has 0 unspecified atom stereocenters. The fraction of sp³-hybridized carbons (Fsp3) is 0.750. The predicted octanol–water partition coefficient (Wildman–Crippen LogP) is 0.816. The Labute approximate surface area is 230 Å². The first-order chi connectivity index (χ1) is 15.4. The van der Waals surface area contributed by atoms with Gasteiger partial charge in [0.15, 0.2) is 0 Å². The summed E-state index contributed by atoms with van der Waals surface area (Å²) in [4.78, 5) is 27.9. The number of rotatable bonds is 9. The fourth-order valence-corrected chi connectivity index (χ4v) is 0.819. The number of aliphatic carboxylic acids is 3. The number of alkyl halides is 18. The van der Waals surface area contributed by atoms with Crippen molar-refractivity contribution >= 4 is 17.9 Å². The molecule has 0 aliphatic heterocycles. The number of carbonyl (C=O) groups is 3. The molecule has 0 aromatic carbocycles. The van der Waals surface area contributed by atoms with Crippen molar-refractivity contribution in [3.05, 3.63) is 0 Å². The van der Waals surface area contributed by atoms with E-state index in [2.05, 4.69) is 0 Å². The Bertz CT molecular complexity index is 670. The molecule has 0 atom stereocenters. The number of carbonyl (C=O) groups excluding carboxylic acids is 3. The molecule has 0 aromatic rings. The van der Waals surface area contributed by atoms with E-state index >= 15 is 0 Å². The zero-order chi connectivity index (χ0) is 30.5. The number of carboxylic acid groups (broad SMARTS) is 3. The van der Waals surface area contributed by atoms with Gasteiger partial charge in [-0.2, -0.15) is 52.7 Å². The zero-order valence-corrected chi connectivity index (χ0v) is 18.3. The van der Waals surface area contributed by atoms with Gasteiger partial charge in [-0.3, -0.25) is 0 Å². The average Bonchev–Trinajstić information content (AvgIpc) is 2.67. The van der Waals surface area contributed by atoms with Gasteiger partial charge in [-0.15, -0.1) is 0 Å². The first-order valence-electron chi connectivity index (χ1n) is 7.17. The Morgan fingerprint density at radius 2 is 0.514 bits per heavy atom. The third-order valence-corrected chi connectivity index (χ3v) is 2.85. The van der Waals surface area contributed by atoms with Gasteiger partial charge in [-0.05, 0) is 0 Å². The van der Waals surface area contributed by atoms with Gasteiger partial charge in [0.05, 0.1) is 0 Å². The van der Waals surface area contributed by atoms with Gasteiger partial charge in [0.2, 0.25) is 0 Å². The third-order valence-electron chi connectivity index (χ3n) is 2.85. The average molecular weight is 737 g/mol. The molecular weight excluding hydrogens is 734 g/mol. The van der Waals surface area contributed by atoms with Crippen LogP contribution in [0.4, 0.5) is 79.0 Å². The van der Waals surface area contributed by atoms with Gasteiger partial charge in [0.1, 0.15) is 17.9 Å². The molecule has 0 heterocycles. The van der Waals surface area contributed by atoms with E-state index in [4.69, 9.17) is 0 Å². The van der Waals surface area contributed by atoms with Crippen LogP contribution in [0.25, 0.3) is 0 Å². The molecule has 37 heavy (non-hydrogen) atoms. The van der Waals surface area contributed by atoms with Crippen molar-refractivity contribution < 1.29 is 158 Å². The van der Waals surface area contributed by atoms with E-state index in [-0.39, 0.29) is 49.4 Å². The second kappa shape index (κ2) is 14.2. The number of carboxylic acids is 3. The van der Waals surface area contributed by atoms with E-state index < -0.39 is 72.7 Å². The Morgan fingerprint density at radius 3 is 0.541 bits per heavy atom. The SMILES string of the molecule is O=C([O-])C(F)(F)C(F)(F)C(F)F.O=C([O-])C(F)(F)C(F)(F)C(F)F.O=C([O-])C(F)(F)C(F)(F)C(F)F.[Eu+3]. The molecule has 0 rings (SSSR count). The summed E-state index contributed by atoms with van der Waals surface area (Å²) in [5.41, 5.74) is 0. The molecule has 0 spiro atoms. The monoisotopic (exact) mass is 738 g/mol. The molecule has 0 saturated carbocycles. The van der Waals surface area contributed by atoms with Crippen LogP contribution in [0.15, 0.2) is 0 Å². The molecule has 0 radical (unpaired) electrons. The van der Waals surface area contributed by atoms with E-state index in [0.717, 1.165) is 0 Å². The van der Waals surface area contributed by atoms with Crippen molar-refractivity contribution in [1.29, 1.82) is 0 Å². The van der Waals surface area contributed by atoms with Crippen molar-refractivity contribution in [1.82, 2.24) is 0 Å². The standard InChI is InChI=1S/3C4H2F6O2.Eu/c3*5-1(6)3(7,8)4(9,10)2(11)12;/h3*1H,(H,11,12);/q;;;+3/p-3. The van der Waals surface area contributed by atoms with Crippen LogP contribution in [0, 0.1) is 49.4 Å². The first-order valence-corrected chi connectivity index (χ1v) is 7.17. The minimum atomic E-state index is -5.91. The van der Waals surface area contributed by atoms with Crippen LogP contribution in [0.3, 0.4) is 0 Å². The van der Waals surface area contributed by atoms with Crippen LogP contribution >= 0.6 is 0 Å². The summed E-state index contributed by atoms with van der Waals surface area (Å²) in [5.74, 6) is -45.9. The number of hydrogen-bond acceptors (Lipinski definition) is 6. The van der Waals surface area contributed by atoms with Crippen LogP contribution in [0.1, 0.15) is 0 Å². The van der Waals surface area contributed by atoms with Crippen molar-refractivity contribution in [3.8, 4) is 0 Å². The molecule has 0 N–H and O–H groups in total. The molecule has 0 fully saturated rings. The Balaban J connectivity index is -0.000000218. The predicted molar refractivity (Wildman–Crippen MR) is 62.7 cm³/mol. The maximum absolute atomic E-state index is 11.7. The van der Waals surface area contributed by atoms with E-state index in [0.29, 0.717) is 0 Å². The summed E-state index contributed by atoms with van der Waals surface area (Å²) in [6.45, 7) is 0. The van der Waals surface area contributed by atoms with Crippen LogP contribution in [0.5, 0.6) is 0 Å².